The molecule has 2 aromatic heterocycles. The smallest absolute Gasteiger partial charge is 0.128 e. The maximum atomic E-state index is 4.26. The van der Waals surface area contributed by atoms with E-state index in [1.165, 1.54) is 5.69 Å². The summed E-state index contributed by atoms with van der Waals surface area (Å²) in [6.07, 6.45) is 7.41. The van der Waals surface area contributed by atoms with E-state index in [2.05, 4.69) is 62.6 Å². The molecule has 0 aliphatic carbocycles. The minimum Gasteiger partial charge on any atom is -0.261 e. The number of pyridine rings is 1. The van der Waals surface area contributed by atoms with Crippen molar-refractivity contribution < 1.29 is 0 Å². The molecule has 0 fully saturated rings. The second kappa shape index (κ2) is 8.02. The molecule has 3 heteroatoms. The van der Waals surface area contributed by atoms with Gasteiger partial charge in [0.2, 0.25) is 0 Å². The molecule has 0 N–H and O–H groups in total. The fourth-order valence-corrected chi connectivity index (χ4v) is 1.94. The monoisotopic (exact) mass is 299 g/mol. The predicted molar refractivity (Wildman–Crippen MR) is 92.6 cm³/mol. The molecule has 0 amide bonds. The van der Waals surface area contributed by atoms with E-state index in [1.54, 1.807) is 12.4 Å². The van der Waals surface area contributed by atoms with Crippen LogP contribution in [0.1, 0.15) is 53.1 Å². The fraction of sp³-hybridized carbons (Fsp3) is 0.526. The van der Waals surface area contributed by atoms with Crippen LogP contribution in [0.25, 0.3) is 0 Å². The van der Waals surface area contributed by atoms with Gasteiger partial charge in [-0.15, -0.1) is 0 Å². The largest absolute Gasteiger partial charge is 0.261 e. The zero-order chi connectivity index (χ0) is 16.6. The first kappa shape index (κ1) is 18.3. The summed E-state index contributed by atoms with van der Waals surface area (Å²) in [5, 5.41) is 0. The third-order valence-electron chi connectivity index (χ3n) is 2.75. The van der Waals surface area contributed by atoms with Crippen molar-refractivity contribution in [2.75, 3.05) is 0 Å². The Bertz CT molecular complexity index is 471. The van der Waals surface area contributed by atoms with E-state index in [-0.39, 0.29) is 5.41 Å². The van der Waals surface area contributed by atoms with Gasteiger partial charge in [-0.2, -0.15) is 0 Å². The molecule has 2 heterocycles. The van der Waals surface area contributed by atoms with Crippen molar-refractivity contribution in [1.82, 2.24) is 15.0 Å². The highest BCUT2D eigenvalue weighted by Gasteiger charge is 2.12. The van der Waals surface area contributed by atoms with Crippen molar-refractivity contribution in [3.05, 3.63) is 54.4 Å². The molecule has 2 aromatic rings. The van der Waals surface area contributed by atoms with E-state index in [0.717, 1.165) is 18.7 Å². The molecule has 0 bridgehead atoms. The highest BCUT2D eigenvalue weighted by atomic mass is 14.8. The number of rotatable bonds is 2. The van der Waals surface area contributed by atoms with Crippen LogP contribution in [0.4, 0.5) is 0 Å². The Balaban J connectivity index is 0.000000220. The average molecular weight is 299 g/mol. The van der Waals surface area contributed by atoms with Gasteiger partial charge in [0.15, 0.2) is 0 Å². The van der Waals surface area contributed by atoms with Crippen molar-refractivity contribution in [3.63, 3.8) is 0 Å². The Morgan fingerprint density at radius 2 is 1.23 bits per heavy atom. The van der Waals surface area contributed by atoms with Crippen LogP contribution in [0.3, 0.4) is 0 Å². The Labute approximate surface area is 135 Å². The Hall–Kier alpha value is -1.77. The molecule has 0 saturated heterocycles. The molecule has 0 radical (unpaired) electrons. The molecule has 0 aromatic carbocycles. The SMILES string of the molecule is CC(C)(C)Cc1ccccn1.CC(C)(C)Cc1ncccn1. The number of aromatic nitrogens is 3. The van der Waals surface area contributed by atoms with Crippen LogP contribution in [-0.4, -0.2) is 15.0 Å². The van der Waals surface area contributed by atoms with E-state index < -0.39 is 0 Å². The molecule has 2 rings (SSSR count). The fourth-order valence-electron chi connectivity index (χ4n) is 1.94. The first-order valence-corrected chi connectivity index (χ1v) is 7.81. The van der Waals surface area contributed by atoms with Crippen molar-refractivity contribution in [2.24, 2.45) is 10.8 Å². The molecule has 0 atom stereocenters. The van der Waals surface area contributed by atoms with Crippen molar-refractivity contribution in [3.8, 4) is 0 Å². The number of nitrogens with zero attached hydrogens (tertiary/aromatic N) is 3. The molecule has 0 unspecified atom stereocenters. The topological polar surface area (TPSA) is 38.7 Å². The van der Waals surface area contributed by atoms with Gasteiger partial charge in [-0.1, -0.05) is 47.6 Å². The zero-order valence-electron chi connectivity index (χ0n) is 14.8. The van der Waals surface area contributed by atoms with Gasteiger partial charge in [-0.25, -0.2) is 9.97 Å². The second-order valence-electron chi connectivity index (χ2n) is 7.96. The second-order valence-corrected chi connectivity index (χ2v) is 7.96. The van der Waals surface area contributed by atoms with Gasteiger partial charge in [0.1, 0.15) is 5.82 Å². The van der Waals surface area contributed by atoms with Gasteiger partial charge >= 0.3 is 0 Å². The van der Waals surface area contributed by atoms with Crippen LogP contribution in [-0.2, 0) is 12.8 Å². The quantitative estimate of drug-likeness (QED) is 0.804. The molecule has 3 nitrogen and oxygen atoms in total. The number of hydrogen-bond acceptors (Lipinski definition) is 3. The van der Waals surface area contributed by atoms with E-state index in [9.17, 15) is 0 Å². The Morgan fingerprint density at radius 3 is 1.68 bits per heavy atom. The van der Waals surface area contributed by atoms with E-state index in [0.29, 0.717) is 5.41 Å². The third-order valence-corrected chi connectivity index (χ3v) is 2.75. The Kier molecular flexibility index (Phi) is 6.66. The molecular formula is C19H29N3. The lowest BCUT2D eigenvalue weighted by molar-refractivity contribution is 0.400. The molecule has 120 valence electrons. The van der Waals surface area contributed by atoms with E-state index in [4.69, 9.17) is 0 Å². The molecular weight excluding hydrogens is 270 g/mol. The van der Waals surface area contributed by atoms with Gasteiger partial charge in [-0.05, 0) is 35.4 Å². The first-order valence-electron chi connectivity index (χ1n) is 7.81. The lowest BCUT2D eigenvalue weighted by Crippen LogP contribution is -2.11. The molecule has 22 heavy (non-hydrogen) atoms. The lowest BCUT2D eigenvalue weighted by Gasteiger charge is -2.16. The number of hydrogen-bond donors (Lipinski definition) is 0. The van der Waals surface area contributed by atoms with Crippen LogP contribution in [0.2, 0.25) is 0 Å². The summed E-state index contributed by atoms with van der Waals surface area (Å²) in [6, 6.07) is 7.90. The van der Waals surface area contributed by atoms with Gasteiger partial charge in [0, 0.05) is 30.7 Å². The molecule has 0 aliphatic heterocycles. The summed E-state index contributed by atoms with van der Waals surface area (Å²) in [5.41, 5.74) is 1.80. The zero-order valence-corrected chi connectivity index (χ0v) is 14.8. The summed E-state index contributed by atoms with van der Waals surface area (Å²) in [6.45, 7) is 13.2. The van der Waals surface area contributed by atoms with Crippen molar-refractivity contribution >= 4 is 0 Å². The van der Waals surface area contributed by atoms with Gasteiger partial charge in [0.25, 0.3) is 0 Å². The summed E-state index contributed by atoms with van der Waals surface area (Å²) in [4.78, 5) is 12.6. The van der Waals surface area contributed by atoms with Crippen molar-refractivity contribution in [1.29, 1.82) is 0 Å². The normalized spacial score (nSPS) is 11.5. The standard InChI is InChI=1S/C10H15N.C9H14N2/c1-10(2,3)8-9-6-4-5-7-11-9;1-9(2,3)7-8-10-5-4-6-11-8/h4-7H,8H2,1-3H3;4-6H,7H2,1-3H3. The molecule has 0 saturated carbocycles. The summed E-state index contributed by atoms with van der Waals surface area (Å²) < 4.78 is 0. The van der Waals surface area contributed by atoms with Crippen molar-refractivity contribution in [2.45, 2.75) is 54.4 Å². The third kappa shape index (κ3) is 9.22. The van der Waals surface area contributed by atoms with Crippen LogP contribution in [0.15, 0.2) is 42.9 Å². The van der Waals surface area contributed by atoms with Crippen LogP contribution in [0.5, 0.6) is 0 Å². The van der Waals surface area contributed by atoms with Gasteiger partial charge < -0.3 is 0 Å². The van der Waals surface area contributed by atoms with Gasteiger partial charge in [0.05, 0.1) is 0 Å². The van der Waals surface area contributed by atoms with Crippen LogP contribution in [0, 0.1) is 10.8 Å². The summed E-state index contributed by atoms with van der Waals surface area (Å²) in [5.74, 6) is 0.931. The molecule has 0 aliphatic rings. The average Bonchev–Trinajstić information content (AvgIpc) is 2.38. The summed E-state index contributed by atoms with van der Waals surface area (Å²) in [7, 11) is 0. The summed E-state index contributed by atoms with van der Waals surface area (Å²) >= 11 is 0. The Morgan fingerprint density at radius 1 is 0.682 bits per heavy atom. The minimum absolute atomic E-state index is 0.279. The van der Waals surface area contributed by atoms with Crippen LogP contribution < -0.4 is 0 Å². The van der Waals surface area contributed by atoms with Gasteiger partial charge in [-0.3, -0.25) is 4.98 Å². The molecule has 0 spiro atoms. The lowest BCUT2D eigenvalue weighted by atomic mass is 9.90. The minimum atomic E-state index is 0.279. The van der Waals surface area contributed by atoms with E-state index >= 15 is 0 Å². The highest BCUT2D eigenvalue weighted by molar-refractivity contribution is 5.05. The van der Waals surface area contributed by atoms with Crippen LogP contribution >= 0.6 is 0 Å². The first-order chi connectivity index (χ1) is 10.2. The van der Waals surface area contributed by atoms with E-state index in [1.807, 2.05) is 24.4 Å². The highest BCUT2D eigenvalue weighted by Crippen LogP contribution is 2.18. The maximum Gasteiger partial charge on any atom is 0.128 e. The predicted octanol–water partition coefficient (Wildman–Crippen LogP) is 4.74. The maximum absolute atomic E-state index is 4.26.